The molecular formula is C28H26N4O5. The van der Waals surface area contributed by atoms with Gasteiger partial charge in [-0.25, -0.2) is 4.79 Å². The van der Waals surface area contributed by atoms with Crippen LogP contribution in [0.5, 0.6) is 0 Å². The number of carbonyl (C=O) groups is 3. The van der Waals surface area contributed by atoms with Crippen molar-refractivity contribution in [2.24, 2.45) is 5.73 Å². The van der Waals surface area contributed by atoms with E-state index in [2.05, 4.69) is 10.6 Å². The Morgan fingerprint density at radius 1 is 0.892 bits per heavy atom. The van der Waals surface area contributed by atoms with Crippen LogP contribution in [0.4, 0.5) is 16.2 Å². The van der Waals surface area contributed by atoms with Crippen LogP contribution in [0.3, 0.4) is 0 Å². The number of anilines is 2. The summed E-state index contributed by atoms with van der Waals surface area (Å²) in [6, 6.07) is 23.6. The molecule has 0 fully saturated rings. The topological polar surface area (TPSA) is 150 Å². The number of furan rings is 1. The molecule has 6 N–H and O–H groups in total. The summed E-state index contributed by atoms with van der Waals surface area (Å²) in [7, 11) is 0. The van der Waals surface area contributed by atoms with Crippen molar-refractivity contribution in [2.75, 3.05) is 11.1 Å². The Balaban J connectivity index is 1.36. The zero-order chi connectivity index (χ0) is 26.2. The van der Waals surface area contributed by atoms with Crippen molar-refractivity contribution in [3.8, 4) is 11.3 Å². The Morgan fingerprint density at radius 3 is 2.32 bits per heavy atom. The molecule has 3 amide bonds. The van der Waals surface area contributed by atoms with Gasteiger partial charge in [0.05, 0.1) is 17.6 Å². The molecule has 0 spiro atoms. The second-order valence-electron chi connectivity index (χ2n) is 8.30. The van der Waals surface area contributed by atoms with Crippen LogP contribution < -0.4 is 22.1 Å². The number of carbonyl (C=O) groups excluding carboxylic acids is 3. The average molecular weight is 499 g/mol. The van der Waals surface area contributed by atoms with Gasteiger partial charge in [-0.15, -0.1) is 0 Å². The van der Waals surface area contributed by atoms with Gasteiger partial charge in [0.2, 0.25) is 5.91 Å². The van der Waals surface area contributed by atoms with E-state index in [0.717, 1.165) is 11.1 Å². The first-order chi connectivity index (χ1) is 17.9. The minimum absolute atomic E-state index is 0.0664. The van der Waals surface area contributed by atoms with Gasteiger partial charge in [0.25, 0.3) is 5.91 Å². The summed E-state index contributed by atoms with van der Waals surface area (Å²) >= 11 is 0. The normalized spacial score (nSPS) is 11.4. The molecule has 0 aliphatic heterocycles. The average Bonchev–Trinajstić information content (AvgIpc) is 3.44. The number of benzene rings is 3. The molecule has 188 valence electrons. The van der Waals surface area contributed by atoms with Crippen LogP contribution in [-0.4, -0.2) is 23.9 Å². The molecule has 1 aromatic heterocycles. The third-order valence-corrected chi connectivity index (χ3v) is 5.61. The standard InChI is InChI=1S/C28H26N4O5/c29-22-13-12-21(25-7-4-14-36-25)16-23(22)31-27(34)20-10-8-18(9-11-20)15-24(26(30)33)32-28(35)37-17-19-5-2-1-3-6-19/h1-14,16,24H,15,17,29H2,(H2,30,33)(H,31,34)(H,32,35)/t24-/m0/s1. The maximum absolute atomic E-state index is 12.8. The van der Waals surface area contributed by atoms with Crippen LogP contribution in [0.2, 0.25) is 0 Å². The number of hydrogen-bond acceptors (Lipinski definition) is 6. The van der Waals surface area contributed by atoms with E-state index in [0.29, 0.717) is 28.3 Å². The van der Waals surface area contributed by atoms with E-state index in [-0.39, 0.29) is 18.9 Å². The molecule has 0 bridgehead atoms. The molecule has 1 atom stereocenters. The molecule has 0 aliphatic rings. The Labute approximate surface area is 213 Å². The van der Waals surface area contributed by atoms with E-state index in [1.165, 1.54) is 0 Å². The van der Waals surface area contributed by atoms with Gasteiger partial charge in [0, 0.05) is 17.5 Å². The fraction of sp³-hybridized carbons (Fsp3) is 0.107. The van der Waals surface area contributed by atoms with E-state index in [9.17, 15) is 14.4 Å². The largest absolute Gasteiger partial charge is 0.464 e. The summed E-state index contributed by atoms with van der Waals surface area (Å²) in [5.74, 6) is -0.407. The highest BCUT2D eigenvalue weighted by Gasteiger charge is 2.20. The maximum atomic E-state index is 12.8. The minimum Gasteiger partial charge on any atom is -0.464 e. The lowest BCUT2D eigenvalue weighted by Crippen LogP contribution is -2.46. The lowest BCUT2D eigenvalue weighted by Gasteiger charge is -2.16. The summed E-state index contributed by atoms with van der Waals surface area (Å²) in [5.41, 5.74) is 15.1. The Hall–Kier alpha value is -5.05. The van der Waals surface area contributed by atoms with Crippen molar-refractivity contribution >= 4 is 29.3 Å². The molecule has 0 unspecified atom stereocenters. The number of nitrogen functional groups attached to an aromatic ring is 1. The third-order valence-electron chi connectivity index (χ3n) is 5.61. The van der Waals surface area contributed by atoms with Gasteiger partial charge in [-0.3, -0.25) is 9.59 Å². The number of amides is 3. The molecule has 9 nitrogen and oxygen atoms in total. The predicted molar refractivity (Wildman–Crippen MR) is 139 cm³/mol. The highest BCUT2D eigenvalue weighted by molar-refractivity contribution is 6.06. The third kappa shape index (κ3) is 6.76. The van der Waals surface area contributed by atoms with E-state index in [1.54, 1.807) is 54.8 Å². The summed E-state index contributed by atoms with van der Waals surface area (Å²) in [5, 5.41) is 5.30. The summed E-state index contributed by atoms with van der Waals surface area (Å²) in [6.45, 7) is 0.0664. The second-order valence-corrected chi connectivity index (χ2v) is 8.30. The van der Waals surface area contributed by atoms with Gasteiger partial charge in [-0.1, -0.05) is 42.5 Å². The molecule has 4 aromatic rings. The van der Waals surface area contributed by atoms with Gasteiger partial charge in [0.15, 0.2) is 0 Å². The van der Waals surface area contributed by atoms with E-state index in [1.807, 2.05) is 36.4 Å². The summed E-state index contributed by atoms with van der Waals surface area (Å²) in [4.78, 5) is 36.9. The van der Waals surface area contributed by atoms with Crippen molar-refractivity contribution in [2.45, 2.75) is 19.1 Å². The summed E-state index contributed by atoms with van der Waals surface area (Å²) in [6.07, 6.45) is 0.950. The van der Waals surface area contributed by atoms with Crippen molar-refractivity contribution < 1.29 is 23.5 Å². The molecule has 0 saturated carbocycles. The predicted octanol–water partition coefficient (Wildman–Crippen LogP) is 4.10. The molecule has 0 aliphatic carbocycles. The van der Waals surface area contributed by atoms with Crippen LogP contribution in [0, 0.1) is 0 Å². The van der Waals surface area contributed by atoms with Gasteiger partial charge in [-0.2, -0.15) is 0 Å². The number of alkyl carbamates (subject to hydrolysis) is 1. The Kier molecular flexibility index (Phi) is 7.85. The van der Waals surface area contributed by atoms with Crippen molar-refractivity contribution in [3.63, 3.8) is 0 Å². The van der Waals surface area contributed by atoms with Crippen LogP contribution in [0.15, 0.2) is 95.6 Å². The van der Waals surface area contributed by atoms with Gasteiger partial charge < -0.3 is 31.3 Å². The molecule has 1 heterocycles. The minimum atomic E-state index is -0.980. The Morgan fingerprint density at radius 2 is 1.65 bits per heavy atom. The number of hydrogen-bond donors (Lipinski definition) is 4. The first-order valence-corrected chi connectivity index (χ1v) is 11.5. The van der Waals surface area contributed by atoms with E-state index in [4.69, 9.17) is 20.6 Å². The monoisotopic (exact) mass is 498 g/mol. The number of rotatable bonds is 9. The highest BCUT2D eigenvalue weighted by atomic mass is 16.5. The second kappa shape index (κ2) is 11.6. The van der Waals surface area contributed by atoms with Gasteiger partial charge in [-0.05, 0) is 53.6 Å². The molecule has 0 saturated heterocycles. The molecule has 0 radical (unpaired) electrons. The van der Waals surface area contributed by atoms with Crippen LogP contribution >= 0.6 is 0 Å². The summed E-state index contributed by atoms with van der Waals surface area (Å²) < 4.78 is 10.6. The van der Waals surface area contributed by atoms with Crippen LogP contribution in [-0.2, 0) is 22.6 Å². The zero-order valence-corrected chi connectivity index (χ0v) is 19.8. The molecule has 3 aromatic carbocycles. The van der Waals surface area contributed by atoms with Crippen molar-refractivity contribution in [1.29, 1.82) is 0 Å². The van der Waals surface area contributed by atoms with E-state index < -0.39 is 18.0 Å². The first kappa shape index (κ1) is 25.1. The molecule has 37 heavy (non-hydrogen) atoms. The van der Waals surface area contributed by atoms with Gasteiger partial charge >= 0.3 is 6.09 Å². The Bertz CT molecular complexity index is 1370. The fourth-order valence-corrected chi connectivity index (χ4v) is 3.61. The molecular weight excluding hydrogens is 472 g/mol. The number of nitrogens with one attached hydrogen (secondary N) is 2. The number of primary amides is 1. The van der Waals surface area contributed by atoms with Gasteiger partial charge in [0.1, 0.15) is 18.4 Å². The van der Waals surface area contributed by atoms with E-state index >= 15 is 0 Å². The number of nitrogens with two attached hydrogens (primary N) is 2. The first-order valence-electron chi connectivity index (χ1n) is 11.5. The van der Waals surface area contributed by atoms with Crippen molar-refractivity contribution in [3.05, 3.63) is 108 Å². The van der Waals surface area contributed by atoms with Crippen LogP contribution in [0.1, 0.15) is 21.5 Å². The lowest BCUT2D eigenvalue weighted by molar-refractivity contribution is -0.119. The lowest BCUT2D eigenvalue weighted by atomic mass is 10.0. The molecule has 4 rings (SSSR count). The zero-order valence-electron chi connectivity index (χ0n) is 19.8. The fourth-order valence-electron chi connectivity index (χ4n) is 3.61. The highest BCUT2D eigenvalue weighted by Crippen LogP contribution is 2.28. The number of ether oxygens (including phenoxy) is 1. The van der Waals surface area contributed by atoms with Crippen molar-refractivity contribution in [1.82, 2.24) is 5.32 Å². The SMILES string of the molecule is NC(=O)[C@H](Cc1ccc(C(=O)Nc2cc(-c3ccco3)ccc2N)cc1)NC(=O)OCc1ccccc1. The molecule has 9 heteroatoms. The van der Waals surface area contributed by atoms with Crippen LogP contribution in [0.25, 0.3) is 11.3 Å². The smallest absolute Gasteiger partial charge is 0.408 e. The maximum Gasteiger partial charge on any atom is 0.408 e. The quantitative estimate of drug-likeness (QED) is 0.255.